The van der Waals surface area contributed by atoms with Crippen LogP contribution in [0, 0.1) is 5.92 Å². The molecule has 86 valence electrons. The molecule has 0 radical (unpaired) electrons. The van der Waals surface area contributed by atoms with Crippen molar-refractivity contribution in [3.8, 4) is 0 Å². The van der Waals surface area contributed by atoms with Crippen LogP contribution in [-0.2, 0) is 0 Å². The van der Waals surface area contributed by atoms with Crippen molar-refractivity contribution < 1.29 is 0 Å². The molecule has 1 aromatic heterocycles. The highest BCUT2D eigenvalue weighted by Gasteiger charge is 2.13. The van der Waals surface area contributed by atoms with E-state index in [1.807, 2.05) is 6.20 Å². The summed E-state index contributed by atoms with van der Waals surface area (Å²) < 4.78 is 1.10. The van der Waals surface area contributed by atoms with Gasteiger partial charge in [0, 0.05) is 6.04 Å². The fourth-order valence-corrected chi connectivity index (χ4v) is 3.00. The standard InChI is InChI=1S/C11H19BrN2S/c1-7(2)5-8(3)14-9(4)11-13-6-10(12)15-11/h6-9,14H,5H2,1-4H3. The lowest BCUT2D eigenvalue weighted by atomic mass is 10.0. The highest BCUT2D eigenvalue weighted by molar-refractivity contribution is 9.11. The minimum absolute atomic E-state index is 0.343. The third-order valence-corrected chi connectivity index (χ3v) is 3.88. The Bertz CT molecular complexity index is 299. The third kappa shape index (κ3) is 4.62. The average Bonchev–Trinajstić information content (AvgIpc) is 2.49. The van der Waals surface area contributed by atoms with E-state index in [0.717, 1.165) is 14.7 Å². The SMILES string of the molecule is CC(C)CC(C)NC(C)c1ncc(Br)s1. The van der Waals surface area contributed by atoms with Crippen LogP contribution in [0.25, 0.3) is 0 Å². The second-order valence-electron chi connectivity index (χ2n) is 4.42. The lowest BCUT2D eigenvalue weighted by Crippen LogP contribution is -2.29. The van der Waals surface area contributed by atoms with E-state index in [1.165, 1.54) is 6.42 Å². The summed E-state index contributed by atoms with van der Waals surface area (Å²) >= 11 is 5.13. The number of nitrogens with one attached hydrogen (secondary N) is 1. The van der Waals surface area contributed by atoms with Gasteiger partial charge in [0.2, 0.25) is 0 Å². The Kier molecular flexibility index (Phi) is 5.23. The van der Waals surface area contributed by atoms with E-state index in [0.29, 0.717) is 12.1 Å². The Morgan fingerprint density at radius 2 is 2.07 bits per heavy atom. The summed E-state index contributed by atoms with van der Waals surface area (Å²) in [6.45, 7) is 8.91. The van der Waals surface area contributed by atoms with E-state index in [-0.39, 0.29) is 0 Å². The van der Waals surface area contributed by atoms with Crippen molar-refractivity contribution in [3.05, 3.63) is 15.0 Å². The quantitative estimate of drug-likeness (QED) is 0.887. The molecule has 1 aromatic rings. The number of hydrogen-bond acceptors (Lipinski definition) is 3. The Hall–Kier alpha value is 0.0700. The van der Waals surface area contributed by atoms with Crippen LogP contribution >= 0.6 is 27.3 Å². The second-order valence-corrected chi connectivity index (χ2v) is 6.86. The maximum Gasteiger partial charge on any atom is 0.110 e. The maximum atomic E-state index is 4.36. The van der Waals surface area contributed by atoms with Gasteiger partial charge >= 0.3 is 0 Å². The fourth-order valence-electron chi connectivity index (χ4n) is 1.74. The van der Waals surface area contributed by atoms with Gasteiger partial charge in [-0.25, -0.2) is 4.98 Å². The van der Waals surface area contributed by atoms with Gasteiger partial charge in [-0.15, -0.1) is 11.3 Å². The lowest BCUT2D eigenvalue weighted by Gasteiger charge is -2.19. The van der Waals surface area contributed by atoms with E-state index < -0.39 is 0 Å². The van der Waals surface area contributed by atoms with Crippen LogP contribution in [0.3, 0.4) is 0 Å². The van der Waals surface area contributed by atoms with Crippen LogP contribution in [-0.4, -0.2) is 11.0 Å². The molecule has 2 nitrogen and oxygen atoms in total. The Balaban J connectivity index is 2.45. The highest BCUT2D eigenvalue weighted by Crippen LogP contribution is 2.24. The van der Waals surface area contributed by atoms with Crippen LogP contribution in [0.15, 0.2) is 9.98 Å². The zero-order valence-electron chi connectivity index (χ0n) is 9.75. The van der Waals surface area contributed by atoms with E-state index in [2.05, 4.69) is 53.9 Å². The summed E-state index contributed by atoms with van der Waals surface area (Å²) in [6.07, 6.45) is 3.07. The van der Waals surface area contributed by atoms with Gasteiger partial charge in [0.05, 0.1) is 16.0 Å². The topological polar surface area (TPSA) is 24.9 Å². The normalized spacial score (nSPS) is 15.6. The number of halogens is 1. The van der Waals surface area contributed by atoms with Crippen molar-refractivity contribution in [3.63, 3.8) is 0 Å². The number of aromatic nitrogens is 1. The first-order valence-electron chi connectivity index (χ1n) is 5.36. The van der Waals surface area contributed by atoms with Gasteiger partial charge in [0.1, 0.15) is 5.01 Å². The van der Waals surface area contributed by atoms with Gasteiger partial charge < -0.3 is 5.32 Å². The minimum atomic E-state index is 0.343. The molecule has 15 heavy (non-hydrogen) atoms. The predicted molar refractivity (Wildman–Crippen MR) is 70.3 cm³/mol. The molecule has 4 heteroatoms. The smallest absolute Gasteiger partial charge is 0.110 e. The second kappa shape index (κ2) is 5.97. The van der Waals surface area contributed by atoms with Crippen LogP contribution in [0.1, 0.15) is 45.2 Å². The molecule has 0 saturated heterocycles. The van der Waals surface area contributed by atoms with Gasteiger partial charge in [0.25, 0.3) is 0 Å². The number of thiazole rings is 1. The number of nitrogens with zero attached hydrogens (tertiary/aromatic N) is 1. The molecule has 0 aromatic carbocycles. The minimum Gasteiger partial charge on any atom is -0.306 e. The van der Waals surface area contributed by atoms with Crippen LogP contribution in [0.2, 0.25) is 0 Å². The largest absolute Gasteiger partial charge is 0.306 e. The summed E-state index contributed by atoms with van der Waals surface area (Å²) in [7, 11) is 0. The third-order valence-electron chi connectivity index (χ3n) is 2.23. The van der Waals surface area contributed by atoms with Crippen LogP contribution in [0.4, 0.5) is 0 Å². The first kappa shape index (κ1) is 13.1. The van der Waals surface area contributed by atoms with Gasteiger partial charge in [0.15, 0.2) is 0 Å². The molecule has 0 saturated carbocycles. The molecular weight excluding hydrogens is 272 g/mol. The van der Waals surface area contributed by atoms with Gasteiger partial charge in [-0.1, -0.05) is 13.8 Å². The molecule has 1 rings (SSSR count). The molecule has 0 bridgehead atoms. The van der Waals surface area contributed by atoms with Crippen molar-refractivity contribution in [1.29, 1.82) is 0 Å². The lowest BCUT2D eigenvalue weighted by molar-refractivity contribution is 0.406. The first-order chi connectivity index (χ1) is 6.99. The number of rotatable bonds is 5. The van der Waals surface area contributed by atoms with Gasteiger partial charge in [-0.2, -0.15) is 0 Å². The van der Waals surface area contributed by atoms with Crippen LogP contribution < -0.4 is 5.32 Å². The molecule has 0 fully saturated rings. The number of hydrogen-bond donors (Lipinski definition) is 1. The van der Waals surface area contributed by atoms with Crippen molar-refractivity contribution in [2.45, 2.75) is 46.2 Å². The van der Waals surface area contributed by atoms with Crippen molar-refractivity contribution >= 4 is 27.3 Å². The Morgan fingerprint density at radius 3 is 2.53 bits per heavy atom. The zero-order chi connectivity index (χ0) is 11.4. The Labute approximate surface area is 105 Å². The summed E-state index contributed by atoms with van der Waals surface area (Å²) in [5.41, 5.74) is 0. The van der Waals surface area contributed by atoms with E-state index >= 15 is 0 Å². The summed E-state index contributed by atoms with van der Waals surface area (Å²) in [4.78, 5) is 4.36. The molecule has 1 N–H and O–H groups in total. The molecule has 0 aliphatic rings. The molecule has 0 amide bonds. The van der Waals surface area contributed by atoms with Gasteiger partial charge in [-0.3, -0.25) is 0 Å². The molecule has 0 aliphatic carbocycles. The van der Waals surface area contributed by atoms with Crippen molar-refractivity contribution in [1.82, 2.24) is 10.3 Å². The van der Waals surface area contributed by atoms with E-state index in [9.17, 15) is 0 Å². The monoisotopic (exact) mass is 290 g/mol. The summed E-state index contributed by atoms with van der Waals surface area (Å²) in [6, 6.07) is 0.887. The molecule has 0 aliphatic heterocycles. The highest BCUT2D eigenvalue weighted by atomic mass is 79.9. The summed E-state index contributed by atoms with van der Waals surface area (Å²) in [5.74, 6) is 0.739. The summed E-state index contributed by atoms with van der Waals surface area (Å²) in [5, 5.41) is 4.72. The molecule has 0 spiro atoms. The molecule has 2 unspecified atom stereocenters. The van der Waals surface area contributed by atoms with Gasteiger partial charge in [-0.05, 0) is 42.1 Å². The molecule has 1 heterocycles. The predicted octanol–water partition coefficient (Wildman–Crippen LogP) is 3.99. The average molecular weight is 291 g/mol. The molecule has 2 atom stereocenters. The van der Waals surface area contributed by atoms with Crippen molar-refractivity contribution in [2.24, 2.45) is 5.92 Å². The Morgan fingerprint density at radius 1 is 1.40 bits per heavy atom. The van der Waals surface area contributed by atoms with Crippen LogP contribution in [0.5, 0.6) is 0 Å². The van der Waals surface area contributed by atoms with E-state index in [4.69, 9.17) is 0 Å². The zero-order valence-corrected chi connectivity index (χ0v) is 12.2. The van der Waals surface area contributed by atoms with Crippen molar-refractivity contribution in [2.75, 3.05) is 0 Å². The molecular formula is C11H19BrN2S. The fraction of sp³-hybridized carbons (Fsp3) is 0.727. The first-order valence-corrected chi connectivity index (χ1v) is 6.97. The maximum absolute atomic E-state index is 4.36. The van der Waals surface area contributed by atoms with E-state index in [1.54, 1.807) is 11.3 Å².